The Bertz CT molecular complexity index is 959. The zero-order valence-corrected chi connectivity index (χ0v) is 17.9. The number of likely N-dealkylation sites (tertiary alicyclic amines) is 1. The van der Waals surface area contributed by atoms with Crippen LogP contribution in [0.25, 0.3) is 0 Å². The summed E-state index contributed by atoms with van der Waals surface area (Å²) in [5, 5.41) is 10.1. The van der Waals surface area contributed by atoms with E-state index in [1.165, 1.54) is 0 Å². The van der Waals surface area contributed by atoms with Crippen molar-refractivity contribution in [2.75, 3.05) is 53.0 Å². The van der Waals surface area contributed by atoms with Gasteiger partial charge in [-0.05, 0) is 24.3 Å². The summed E-state index contributed by atoms with van der Waals surface area (Å²) in [6, 6.07) is 15.1. The van der Waals surface area contributed by atoms with Crippen LogP contribution in [0.5, 0.6) is 11.5 Å². The maximum Gasteiger partial charge on any atom is 0.254 e. The molecule has 3 saturated heterocycles. The molecule has 0 unspecified atom stereocenters. The molecule has 3 aliphatic rings. The minimum Gasteiger partial charge on any atom is -0.508 e. The van der Waals surface area contributed by atoms with Crippen molar-refractivity contribution in [3.8, 4) is 11.5 Å². The van der Waals surface area contributed by atoms with Gasteiger partial charge in [0, 0.05) is 50.4 Å². The Morgan fingerprint density at radius 3 is 2.84 bits per heavy atom. The Morgan fingerprint density at radius 2 is 2.03 bits per heavy atom. The highest BCUT2D eigenvalue weighted by atomic mass is 16.5. The van der Waals surface area contributed by atoms with Crippen LogP contribution in [0.15, 0.2) is 48.5 Å². The van der Waals surface area contributed by atoms with Gasteiger partial charge in [-0.25, -0.2) is 0 Å². The summed E-state index contributed by atoms with van der Waals surface area (Å²) in [5.74, 6) is 1.08. The fraction of sp³-hybridized carbons (Fsp3) is 0.458. The molecule has 0 bridgehead atoms. The molecule has 3 fully saturated rings. The molecule has 0 saturated carbocycles. The van der Waals surface area contributed by atoms with Gasteiger partial charge in [0.2, 0.25) is 0 Å². The molecule has 1 N–H and O–H groups in total. The highest BCUT2D eigenvalue weighted by Crippen LogP contribution is 2.37. The number of rotatable bonds is 4. The van der Waals surface area contributed by atoms with Crippen molar-refractivity contribution >= 4 is 5.91 Å². The minimum absolute atomic E-state index is 0.0441. The Kier molecular flexibility index (Phi) is 5.33. The number of phenolic OH excluding ortho intramolecular Hbond substituents is 1. The van der Waals surface area contributed by atoms with Gasteiger partial charge < -0.3 is 19.5 Å². The molecule has 164 valence electrons. The number of benzene rings is 2. The van der Waals surface area contributed by atoms with Crippen LogP contribution < -0.4 is 4.74 Å². The molecule has 3 heterocycles. The first-order valence-corrected chi connectivity index (χ1v) is 10.8. The summed E-state index contributed by atoms with van der Waals surface area (Å²) in [5.41, 5.74) is 1.53. The number of amides is 1. The van der Waals surface area contributed by atoms with E-state index >= 15 is 0 Å². The van der Waals surface area contributed by atoms with E-state index in [0.717, 1.165) is 31.8 Å². The number of carbonyl (C=O) groups is 1. The number of piperazine rings is 1. The first-order valence-electron chi connectivity index (χ1n) is 10.8. The fourth-order valence-corrected chi connectivity index (χ4v) is 5.35. The van der Waals surface area contributed by atoms with Crippen LogP contribution in [0, 0.1) is 0 Å². The lowest BCUT2D eigenvalue weighted by Crippen LogP contribution is -2.80. The largest absolute Gasteiger partial charge is 0.508 e. The smallest absolute Gasteiger partial charge is 0.254 e. The zero-order chi connectivity index (χ0) is 21.4. The van der Waals surface area contributed by atoms with Crippen molar-refractivity contribution in [1.82, 2.24) is 14.7 Å². The molecule has 7 heteroatoms. The Hall–Kier alpha value is -2.61. The molecule has 1 spiro atoms. The van der Waals surface area contributed by atoms with Crippen molar-refractivity contribution in [3.63, 3.8) is 0 Å². The van der Waals surface area contributed by atoms with E-state index in [9.17, 15) is 9.90 Å². The van der Waals surface area contributed by atoms with E-state index in [0.29, 0.717) is 43.3 Å². The molecule has 0 radical (unpaired) electrons. The van der Waals surface area contributed by atoms with Crippen molar-refractivity contribution in [3.05, 3.63) is 59.7 Å². The van der Waals surface area contributed by atoms with Crippen LogP contribution in [0.2, 0.25) is 0 Å². The second kappa shape index (κ2) is 8.15. The summed E-state index contributed by atoms with van der Waals surface area (Å²) in [4.78, 5) is 20.3. The van der Waals surface area contributed by atoms with Crippen LogP contribution in [-0.4, -0.2) is 90.3 Å². The van der Waals surface area contributed by atoms with Gasteiger partial charge in [-0.1, -0.05) is 24.3 Å². The topological polar surface area (TPSA) is 65.5 Å². The summed E-state index contributed by atoms with van der Waals surface area (Å²) < 4.78 is 11.1. The van der Waals surface area contributed by atoms with Gasteiger partial charge in [0.1, 0.15) is 11.5 Å². The average molecular weight is 424 g/mol. The summed E-state index contributed by atoms with van der Waals surface area (Å²) in [6.07, 6.45) is 0. The standard InChI is InChI=1S/C24H29N3O4/c1-30-21-7-4-6-18(11-21)23(29)26-13-20-14-31-10-9-27(20)24(17-26)15-25(16-24)12-19-5-2-3-8-22(19)28/h2-8,11,20,28H,9-10,12-17H2,1H3/t20-/m1/s1. The van der Waals surface area contributed by atoms with E-state index in [1.54, 1.807) is 13.2 Å². The Labute approximate surface area is 182 Å². The number of phenols is 1. The number of aromatic hydroxyl groups is 1. The number of fused-ring (bicyclic) bond motifs is 2. The zero-order valence-electron chi connectivity index (χ0n) is 17.9. The third kappa shape index (κ3) is 3.78. The van der Waals surface area contributed by atoms with Crippen LogP contribution >= 0.6 is 0 Å². The minimum atomic E-state index is -0.0639. The molecule has 2 aromatic carbocycles. The van der Waals surface area contributed by atoms with Crippen LogP contribution in [0.3, 0.4) is 0 Å². The van der Waals surface area contributed by atoms with Crippen molar-refractivity contribution in [2.24, 2.45) is 0 Å². The lowest BCUT2D eigenvalue weighted by molar-refractivity contribution is -0.160. The average Bonchev–Trinajstić information content (AvgIpc) is 2.78. The maximum atomic E-state index is 13.4. The SMILES string of the molecule is COc1cccc(C(=O)N2C[C@@H]3COCCN3C3(CN(Cc4ccccc4O)C3)C2)c1. The molecule has 3 aliphatic heterocycles. The van der Waals surface area contributed by atoms with Gasteiger partial charge in [0.15, 0.2) is 0 Å². The monoisotopic (exact) mass is 423 g/mol. The van der Waals surface area contributed by atoms with Gasteiger partial charge in [0.25, 0.3) is 5.91 Å². The summed E-state index contributed by atoms with van der Waals surface area (Å²) >= 11 is 0. The van der Waals surface area contributed by atoms with E-state index < -0.39 is 0 Å². The van der Waals surface area contributed by atoms with E-state index in [4.69, 9.17) is 9.47 Å². The molecular weight excluding hydrogens is 394 g/mol. The fourth-order valence-electron chi connectivity index (χ4n) is 5.35. The molecule has 0 aromatic heterocycles. The lowest BCUT2D eigenvalue weighted by Gasteiger charge is -2.63. The molecule has 7 nitrogen and oxygen atoms in total. The van der Waals surface area contributed by atoms with Gasteiger partial charge in [-0.15, -0.1) is 0 Å². The summed E-state index contributed by atoms with van der Waals surface area (Å²) in [7, 11) is 1.62. The van der Waals surface area contributed by atoms with E-state index in [2.05, 4.69) is 9.80 Å². The van der Waals surface area contributed by atoms with Crippen LogP contribution in [0.4, 0.5) is 0 Å². The lowest BCUT2D eigenvalue weighted by atomic mass is 9.82. The number of carbonyl (C=O) groups excluding carboxylic acids is 1. The number of ether oxygens (including phenoxy) is 2. The van der Waals surface area contributed by atoms with Gasteiger partial charge >= 0.3 is 0 Å². The van der Waals surface area contributed by atoms with Crippen molar-refractivity contribution in [2.45, 2.75) is 18.1 Å². The molecule has 1 amide bonds. The Balaban J connectivity index is 1.34. The normalized spacial score (nSPS) is 23.3. The molecule has 2 aromatic rings. The molecule has 0 aliphatic carbocycles. The Morgan fingerprint density at radius 1 is 1.19 bits per heavy atom. The van der Waals surface area contributed by atoms with Crippen molar-refractivity contribution in [1.29, 1.82) is 0 Å². The van der Waals surface area contributed by atoms with E-state index in [-0.39, 0.29) is 17.5 Å². The van der Waals surface area contributed by atoms with Gasteiger partial charge in [-0.2, -0.15) is 0 Å². The number of hydrogen-bond acceptors (Lipinski definition) is 6. The van der Waals surface area contributed by atoms with Crippen molar-refractivity contribution < 1.29 is 19.4 Å². The maximum absolute atomic E-state index is 13.4. The van der Waals surface area contributed by atoms with Crippen LogP contribution in [0.1, 0.15) is 15.9 Å². The third-order valence-electron chi connectivity index (χ3n) is 6.78. The number of para-hydroxylation sites is 1. The second-order valence-electron chi connectivity index (χ2n) is 8.84. The highest BCUT2D eigenvalue weighted by Gasteiger charge is 2.54. The summed E-state index contributed by atoms with van der Waals surface area (Å²) in [6.45, 7) is 6.14. The highest BCUT2D eigenvalue weighted by molar-refractivity contribution is 5.94. The quantitative estimate of drug-likeness (QED) is 0.809. The first kappa shape index (κ1) is 20.3. The molecule has 5 rings (SSSR count). The number of methoxy groups -OCH3 is 1. The van der Waals surface area contributed by atoms with Crippen LogP contribution in [-0.2, 0) is 11.3 Å². The van der Waals surface area contributed by atoms with Gasteiger partial charge in [-0.3, -0.25) is 14.6 Å². The predicted octanol–water partition coefficient (Wildman–Crippen LogP) is 1.81. The second-order valence-corrected chi connectivity index (χ2v) is 8.84. The molecule has 1 atom stereocenters. The third-order valence-corrected chi connectivity index (χ3v) is 6.78. The molecule has 31 heavy (non-hydrogen) atoms. The molecular formula is C24H29N3O4. The number of hydrogen-bond donors (Lipinski definition) is 1. The van der Waals surface area contributed by atoms with E-state index in [1.807, 2.05) is 47.4 Å². The number of nitrogens with zero attached hydrogens (tertiary/aromatic N) is 3. The predicted molar refractivity (Wildman–Crippen MR) is 116 cm³/mol. The first-order chi connectivity index (χ1) is 15.1. The number of morpholine rings is 1. The van der Waals surface area contributed by atoms with Gasteiger partial charge in [0.05, 0.1) is 31.9 Å².